The summed E-state index contributed by atoms with van der Waals surface area (Å²) < 4.78 is 5.57. The van der Waals surface area contributed by atoms with Gasteiger partial charge in [-0.2, -0.15) is 0 Å². The first-order valence-electron chi connectivity index (χ1n) is 5.89. The summed E-state index contributed by atoms with van der Waals surface area (Å²) >= 11 is 0. The van der Waals surface area contributed by atoms with E-state index in [4.69, 9.17) is 4.74 Å². The van der Waals surface area contributed by atoms with Crippen LogP contribution in [-0.4, -0.2) is 25.8 Å². The maximum absolute atomic E-state index is 5.57. The summed E-state index contributed by atoms with van der Waals surface area (Å²) in [6, 6.07) is 0.600. The zero-order valence-corrected chi connectivity index (χ0v) is 10.5. The summed E-state index contributed by atoms with van der Waals surface area (Å²) in [5.74, 6) is 1.35. The molecule has 0 bridgehead atoms. The van der Waals surface area contributed by atoms with Crippen molar-refractivity contribution in [3.05, 3.63) is 0 Å². The van der Waals surface area contributed by atoms with Gasteiger partial charge in [0.15, 0.2) is 0 Å². The van der Waals surface area contributed by atoms with E-state index in [2.05, 4.69) is 39.9 Å². The first kappa shape index (κ1) is 13.9. The van der Waals surface area contributed by atoms with E-state index < -0.39 is 0 Å². The molecular weight excluding hydrogens is 174 g/mol. The van der Waals surface area contributed by atoms with Crippen LogP contribution in [0.4, 0.5) is 0 Å². The van der Waals surface area contributed by atoms with E-state index in [1.54, 1.807) is 0 Å². The van der Waals surface area contributed by atoms with E-state index in [0.29, 0.717) is 17.9 Å². The minimum absolute atomic E-state index is 0.600. The van der Waals surface area contributed by atoms with Crippen LogP contribution in [0.3, 0.4) is 0 Å². The fourth-order valence-electron chi connectivity index (χ4n) is 1.36. The molecule has 0 aliphatic carbocycles. The highest BCUT2D eigenvalue weighted by Gasteiger charge is 2.10. The molecule has 14 heavy (non-hydrogen) atoms. The molecule has 0 fully saturated rings. The summed E-state index contributed by atoms with van der Waals surface area (Å²) in [7, 11) is 0. The monoisotopic (exact) mass is 201 g/mol. The van der Waals surface area contributed by atoms with Gasteiger partial charge in [-0.1, -0.05) is 27.7 Å². The Bertz CT molecular complexity index is 125. The van der Waals surface area contributed by atoms with Gasteiger partial charge in [0.25, 0.3) is 0 Å². The zero-order chi connectivity index (χ0) is 11.0. The zero-order valence-electron chi connectivity index (χ0n) is 10.5. The molecule has 0 amide bonds. The van der Waals surface area contributed by atoms with Crippen molar-refractivity contribution in [3.63, 3.8) is 0 Å². The van der Waals surface area contributed by atoms with Crippen LogP contribution in [0, 0.1) is 11.8 Å². The number of hydrogen-bond acceptors (Lipinski definition) is 2. The fourth-order valence-corrected chi connectivity index (χ4v) is 1.36. The first-order valence-corrected chi connectivity index (χ1v) is 5.89. The van der Waals surface area contributed by atoms with Gasteiger partial charge in [-0.15, -0.1) is 0 Å². The van der Waals surface area contributed by atoms with E-state index >= 15 is 0 Å². The van der Waals surface area contributed by atoms with Crippen LogP contribution in [0.25, 0.3) is 0 Å². The topological polar surface area (TPSA) is 21.3 Å². The molecule has 0 spiro atoms. The van der Waals surface area contributed by atoms with Gasteiger partial charge < -0.3 is 10.1 Å². The van der Waals surface area contributed by atoms with Crippen LogP contribution in [0.2, 0.25) is 0 Å². The summed E-state index contributed by atoms with van der Waals surface area (Å²) in [5, 5.41) is 3.44. The van der Waals surface area contributed by atoms with Crippen molar-refractivity contribution in [2.75, 3.05) is 19.8 Å². The maximum atomic E-state index is 5.57. The van der Waals surface area contributed by atoms with Crippen molar-refractivity contribution >= 4 is 0 Å². The highest BCUT2D eigenvalue weighted by atomic mass is 16.5. The average molecular weight is 201 g/mol. The molecule has 2 heteroatoms. The molecule has 0 aliphatic heterocycles. The Morgan fingerprint density at radius 2 is 1.79 bits per heavy atom. The molecule has 0 aliphatic rings. The first-order chi connectivity index (χ1) is 6.57. The van der Waals surface area contributed by atoms with E-state index in [1.165, 1.54) is 0 Å². The minimum Gasteiger partial charge on any atom is -0.381 e. The Balaban J connectivity index is 3.38. The third-order valence-electron chi connectivity index (χ3n) is 2.55. The van der Waals surface area contributed by atoms with E-state index in [0.717, 1.165) is 26.2 Å². The molecule has 86 valence electrons. The van der Waals surface area contributed by atoms with Crippen LogP contribution in [-0.2, 0) is 4.74 Å². The van der Waals surface area contributed by atoms with Gasteiger partial charge in [-0.25, -0.2) is 0 Å². The second-order valence-corrected chi connectivity index (χ2v) is 4.58. The van der Waals surface area contributed by atoms with E-state index in [1.807, 2.05) is 0 Å². The standard InChI is InChI=1S/C12H27NO/c1-6-13-12(5)11(4)7-8-14-9-10(2)3/h10-13H,6-9H2,1-5H3. The highest BCUT2D eigenvalue weighted by Crippen LogP contribution is 2.08. The highest BCUT2D eigenvalue weighted by molar-refractivity contribution is 4.67. The Kier molecular flexibility index (Phi) is 8.20. The smallest absolute Gasteiger partial charge is 0.0488 e. The number of rotatable bonds is 8. The second-order valence-electron chi connectivity index (χ2n) is 4.58. The molecule has 0 saturated carbocycles. The van der Waals surface area contributed by atoms with E-state index in [9.17, 15) is 0 Å². The van der Waals surface area contributed by atoms with Crippen molar-refractivity contribution in [2.24, 2.45) is 11.8 Å². The molecule has 1 N–H and O–H groups in total. The molecule has 2 nitrogen and oxygen atoms in total. The lowest BCUT2D eigenvalue weighted by Gasteiger charge is -2.20. The Hall–Kier alpha value is -0.0800. The largest absolute Gasteiger partial charge is 0.381 e. The molecule has 0 saturated heterocycles. The quantitative estimate of drug-likeness (QED) is 0.610. The Morgan fingerprint density at radius 1 is 1.14 bits per heavy atom. The fraction of sp³-hybridized carbons (Fsp3) is 1.00. The van der Waals surface area contributed by atoms with Crippen LogP contribution in [0.5, 0.6) is 0 Å². The predicted molar refractivity (Wildman–Crippen MR) is 62.6 cm³/mol. The maximum Gasteiger partial charge on any atom is 0.0488 e. The molecule has 0 aromatic carbocycles. The summed E-state index contributed by atoms with van der Waals surface area (Å²) in [6.45, 7) is 13.9. The summed E-state index contributed by atoms with van der Waals surface area (Å²) in [5.41, 5.74) is 0. The van der Waals surface area contributed by atoms with Gasteiger partial charge in [-0.05, 0) is 31.7 Å². The molecule has 0 rings (SSSR count). The Morgan fingerprint density at radius 3 is 2.29 bits per heavy atom. The molecule has 0 radical (unpaired) electrons. The lowest BCUT2D eigenvalue weighted by molar-refractivity contribution is 0.0959. The van der Waals surface area contributed by atoms with Gasteiger partial charge >= 0.3 is 0 Å². The summed E-state index contributed by atoms with van der Waals surface area (Å²) in [6.07, 6.45) is 1.15. The third kappa shape index (κ3) is 7.34. The van der Waals surface area contributed by atoms with Crippen LogP contribution < -0.4 is 5.32 Å². The average Bonchev–Trinajstić information content (AvgIpc) is 2.12. The number of ether oxygens (including phenoxy) is 1. The van der Waals surface area contributed by atoms with Gasteiger partial charge in [0.05, 0.1) is 0 Å². The molecule has 0 aromatic rings. The Labute approximate surface area is 89.4 Å². The van der Waals surface area contributed by atoms with Crippen LogP contribution >= 0.6 is 0 Å². The normalized spacial score (nSPS) is 15.9. The van der Waals surface area contributed by atoms with Crippen LogP contribution in [0.1, 0.15) is 41.0 Å². The minimum atomic E-state index is 0.600. The van der Waals surface area contributed by atoms with Crippen molar-refractivity contribution in [1.82, 2.24) is 5.32 Å². The molecule has 2 unspecified atom stereocenters. The summed E-state index contributed by atoms with van der Waals surface area (Å²) in [4.78, 5) is 0. The van der Waals surface area contributed by atoms with E-state index in [-0.39, 0.29) is 0 Å². The SMILES string of the molecule is CCNC(C)C(C)CCOCC(C)C. The second kappa shape index (κ2) is 8.25. The van der Waals surface area contributed by atoms with Gasteiger partial charge in [0.2, 0.25) is 0 Å². The predicted octanol–water partition coefficient (Wildman–Crippen LogP) is 2.68. The molecule has 0 heterocycles. The molecule has 0 aromatic heterocycles. The molecular formula is C12H27NO. The van der Waals surface area contributed by atoms with Gasteiger partial charge in [0, 0.05) is 19.3 Å². The van der Waals surface area contributed by atoms with Crippen LogP contribution in [0.15, 0.2) is 0 Å². The van der Waals surface area contributed by atoms with Gasteiger partial charge in [0.1, 0.15) is 0 Å². The third-order valence-corrected chi connectivity index (χ3v) is 2.55. The van der Waals surface area contributed by atoms with Crippen molar-refractivity contribution in [2.45, 2.75) is 47.1 Å². The number of hydrogen-bond donors (Lipinski definition) is 1. The van der Waals surface area contributed by atoms with Crippen molar-refractivity contribution < 1.29 is 4.74 Å². The van der Waals surface area contributed by atoms with Crippen molar-refractivity contribution in [1.29, 1.82) is 0 Å². The lowest BCUT2D eigenvalue weighted by Crippen LogP contribution is -2.32. The lowest BCUT2D eigenvalue weighted by atomic mass is 10.0. The van der Waals surface area contributed by atoms with Gasteiger partial charge in [-0.3, -0.25) is 0 Å². The molecule has 2 atom stereocenters. The number of nitrogens with one attached hydrogen (secondary N) is 1. The van der Waals surface area contributed by atoms with Crippen molar-refractivity contribution in [3.8, 4) is 0 Å².